The van der Waals surface area contributed by atoms with Crippen molar-refractivity contribution in [2.75, 3.05) is 13.2 Å². The van der Waals surface area contributed by atoms with Crippen molar-refractivity contribution in [1.29, 1.82) is 0 Å². The molecule has 0 spiro atoms. The zero-order valence-electron chi connectivity index (χ0n) is 13.5. The zero-order chi connectivity index (χ0) is 18.8. The molecule has 0 radical (unpaired) electrons. The Kier molecular flexibility index (Phi) is 5.06. The normalized spacial score (nSPS) is 19.2. The molecule has 1 fully saturated rings. The van der Waals surface area contributed by atoms with Crippen LogP contribution in [0.5, 0.6) is 0 Å². The summed E-state index contributed by atoms with van der Waals surface area (Å²) in [5, 5.41) is 20.4. The minimum Gasteiger partial charge on any atom is -0.507 e. The Bertz CT molecular complexity index is 877. The predicted octanol–water partition coefficient (Wildman–Crippen LogP) is 2.89. The van der Waals surface area contributed by atoms with E-state index in [4.69, 9.17) is 11.6 Å². The van der Waals surface area contributed by atoms with Gasteiger partial charge in [0.15, 0.2) is 0 Å². The van der Waals surface area contributed by atoms with Crippen molar-refractivity contribution >= 4 is 29.1 Å². The van der Waals surface area contributed by atoms with Crippen LogP contribution >= 0.6 is 11.6 Å². The number of ketones is 1. The van der Waals surface area contributed by atoms with Gasteiger partial charge in [0.2, 0.25) is 0 Å². The number of hydrogen-bond donors (Lipinski definition) is 2. The van der Waals surface area contributed by atoms with Gasteiger partial charge < -0.3 is 15.1 Å². The molecule has 1 aliphatic rings. The van der Waals surface area contributed by atoms with Crippen LogP contribution in [0.25, 0.3) is 5.76 Å². The lowest BCUT2D eigenvalue weighted by molar-refractivity contribution is -0.140. The topological polar surface area (TPSA) is 77.8 Å². The van der Waals surface area contributed by atoms with Crippen LogP contribution in [-0.2, 0) is 9.59 Å². The van der Waals surface area contributed by atoms with E-state index in [1.165, 1.54) is 36.4 Å². The molecule has 2 aromatic rings. The minimum atomic E-state index is -0.918. The first-order valence-electron chi connectivity index (χ1n) is 7.84. The average Bonchev–Trinajstić information content (AvgIpc) is 2.88. The number of benzene rings is 2. The lowest BCUT2D eigenvalue weighted by atomic mass is 9.95. The van der Waals surface area contributed by atoms with Crippen molar-refractivity contribution in [1.82, 2.24) is 4.90 Å². The summed E-state index contributed by atoms with van der Waals surface area (Å²) in [5.41, 5.74) is 0.662. The Morgan fingerprint density at radius 2 is 1.69 bits per heavy atom. The number of hydrogen-bond acceptors (Lipinski definition) is 4. The number of β-amino-alcohol motifs (C(OH)–C–C–N with tert-alkyl or cyclic N) is 1. The van der Waals surface area contributed by atoms with Crippen LogP contribution in [0.3, 0.4) is 0 Å². The summed E-state index contributed by atoms with van der Waals surface area (Å²) in [7, 11) is 0. The van der Waals surface area contributed by atoms with Crippen molar-refractivity contribution in [3.05, 3.63) is 76.1 Å². The average molecular weight is 376 g/mol. The molecule has 1 aliphatic heterocycles. The molecule has 134 valence electrons. The number of halogens is 2. The Morgan fingerprint density at radius 3 is 2.27 bits per heavy atom. The monoisotopic (exact) mass is 375 g/mol. The van der Waals surface area contributed by atoms with Crippen molar-refractivity contribution in [2.24, 2.45) is 0 Å². The number of amides is 1. The van der Waals surface area contributed by atoms with Crippen LogP contribution in [0.15, 0.2) is 54.1 Å². The van der Waals surface area contributed by atoms with Gasteiger partial charge in [0.1, 0.15) is 11.6 Å². The fourth-order valence-corrected chi connectivity index (χ4v) is 3.10. The maximum absolute atomic E-state index is 13.3. The van der Waals surface area contributed by atoms with Crippen molar-refractivity contribution < 1.29 is 24.2 Å². The molecule has 3 rings (SSSR count). The highest BCUT2D eigenvalue weighted by molar-refractivity contribution is 6.46. The molecule has 5 nitrogen and oxygen atoms in total. The van der Waals surface area contributed by atoms with E-state index in [1.807, 2.05) is 0 Å². The largest absolute Gasteiger partial charge is 0.507 e. The van der Waals surface area contributed by atoms with Gasteiger partial charge in [-0.3, -0.25) is 9.59 Å². The minimum absolute atomic E-state index is 0.0932. The third kappa shape index (κ3) is 3.21. The van der Waals surface area contributed by atoms with E-state index in [0.29, 0.717) is 16.1 Å². The second kappa shape index (κ2) is 7.27. The SMILES string of the molecule is O=C1C(=O)N(CCO)[C@@H](c2ccc(F)cc2)/C1=C(\O)c1ccc(Cl)cc1. The number of carbonyl (C=O) groups excluding carboxylic acids is 2. The van der Waals surface area contributed by atoms with E-state index in [2.05, 4.69) is 0 Å². The van der Waals surface area contributed by atoms with Gasteiger partial charge in [0, 0.05) is 17.1 Å². The third-order valence-corrected chi connectivity index (χ3v) is 4.44. The van der Waals surface area contributed by atoms with Crippen molar-refractivity contribution in [3.63, 3.8) is 0 Å². The van der Waals surface area contributed by atoms with Crippen LogP contribution < -0.4 is 0 Å². The molecule has 26 heavy (non-hydrogen) atoms. The summed E-state index contributed by atoms with van der Waals surface area (Å²) >= 11 is 5.84. The quantitative estimate of drug-likeness (QED) is 0.489. The highest BCUT2D eigenvalue weighted by Crippen LogP contribution is 2.39. The Morgan fingerprint density at radius 1 is 1.08 bits per heavy atom. The Balaban J connectivity index is 2.17. The maximum atomic E-state index is 13.3. The fourth-order valence-electron chi connectivity index (χ4n) is 2.97. The summed E-state index contributed by atoms with van der Waals surface area (Å²) in [5.74, 6) is -2.51. The molecule has 0 saturated carbocycles. The second-order valence-corrected chi connectivity index (χ2v) is 6.21. The fraction of sp³-hybridized carbons (Fsp3) is 0.158. The van der Waals surface area contributed by atoms with Gasteiger partial charge in [-0.05, 0) is 42.0 Å². The summed E-state index contributed by atoms with van der Waals surface area (Å²) in [6, 6.07) is 10.5. The number of rotatable bonds is 4. The predicted molar refractivity (Wildman–Crippen MR) is 93.9 cm³/mol. The van der Waals surface area contributed by atoms with Crippen molar-refractivity contribution in [3.8, 4) is 0 Å². The standard InChI is InChI=1S/C19H15ClFNO4/c20-13-5-1-12(2-6-13)17(24)15-16(11-3-7-14(21)8-4-11)22(9-10-23)19(26)18(15)25/h1-8,16,23-24H,9-10H2/b17-15+/t16-/m0/s1. The van der Waals surface area contributed by atoms with Crippen LogP contribution in [0.2, 0.25) is 5.02 Å². The lowest BCUT2D eigenvalue weighted by Crippen LogP contribution is -2.32. The highest BCUT2D eigenvalue weighted by atomic mass is 35.5. The van der Waals surface area contributed by atoms with Crippen LogP contribution in [-0.4, -0.2) is 40.0 Å². The molecule has 0 aliphatic carbocycles. The van der Waals surface area contributed by atoms with E-state index in [-0.39, 0.29) is 24.5 Å². The number of aliphatic hydroxyl groups excluding tert-OH is 2. The van der Waals surface area contributed by atoms with E-state index in [0.717, 1.165) is 4.90 Å². The Hall–Kier alpha value is -2.70. The number of likely N-dealkylation sites (tertiary alicyclic amines) is 1. The molecule has 1 saturated heterocycles. The van der Waals surface area contributed by atoms with E-state index >= 15 is 0 Å². The first kappa shape index (κ1) is 18.1. The number of aliphatic hydroxyl groups is 2. The molecule has 1 heterocycles. The Labute approximate surface area is 153 Å². The molecule has 0 bridgehead atoms. The maximum Gasteiger partial charge on any atom is 0.295 e. The summed E-state index contributed by atoms with van der Waals surface area (Å²) in [6.45, 7) is -0.449. The first-order chi connectivity index (χ1) is 12.4. The smallest absolute Gasteiger partial charge is 0.295 e. The molecule has 2 aromatic carbocycles. The van der Waals surface area contributed by atoms with Gasteiger partial charge in [-0.25, -0.2) is 4.39 Å². The van der Waals surface area contributed by atoms with Gasteiger partial charge in [-0.1, -0.05) is 23.7 Å². The first-order valence-corrected chi connectivity index (χ1v) is 8.22. The summed E-state index contributed by atoms with van der Waals surface area (Å²) in [4.78, 5) is 26.1. The highest BCUT2D eigenvalue weighted by Gasteiger charge is 2.45. The number of carbonyl (C=O) groups is 2. The van der Waals surface area contributed by atoms with Crippen LogP contribution in [0.4, 0.5) is 4.39 Å². The van der Waals surface area contributed by atoms with Crippen LogP contribution in [0, 0.1) is 5.82 Å². The van der Waals surface area contributed by atoms with Gasteiger partial charge in [0.05, 0.1) is 18.2 Å². The summed E-state index contributed by atoms with van der Waals surface area (Å²) in [6.07, 6.45) is 0. The molecule has 0 unspecified atom stereocenters. The lowest BCUT2D eigenvalue weighted by Gasteiger charge is -2.24. The van der Waals surface area contributed by atoms with E-state index < -0.39 is 23.5 Å². The molecule has 1 atom stereocenters. The second-order valence-electron chi connectivity index (χ2n) is 5.77. The number of Topliss-reactive ketones (excluding diaryl/α,β-unsaturated/α-hetero) is 1. The van der Waals surface area contributed by atoms with Crippen LogP contribution in [0.1, 0.15) is 17.2 Å². The molecular weight excluding hydrogens is 361 g/mol. The van der Waals surface area contributed by atoms with Gasteiger partial charge in [-0.2, -0.15) is 0 Å². The van der Waals surface area contributed by atoms with Gasteiger partial charge >= 0.3 is 0 Å². The number of nitrogens with zero attached hydrogens (tertiary/aromatic N) is 1. The van der Waals surface area contributed by atoms with Gasteiger partial charge in [0.25, 0.3) is 11.7 Å². The zero-order valence-corrected chi connectivity index (χ0v) is 14.3. The molecular formula is C19H15ClFNO4. The van der Waals surface area contributed by atoms with E-state index in [1.54, 1.807) is 12.1 Å². The summed E-state index contributed by atoms with van der Waals surface area (Å²) < 4.78 is 13.3. The molecule has 1 amide bonds. The third-order valence-electron chi connectivity index (χ3n) is 4.18. The van der Waals surface area contributed by atoms with E-state index in [9.17, 15) is 24.2 Å². The molecule has 2 N–H and O–H groups in total. The van der Waals surface area contributed by atoms with Gasteiger partial charge in [-0.15, -0.1) is 0 Å². The molecule has 7 heteroatoms. The van der Waals surface area contributed by atoms with Crippen molar-refractivity contribution in [2.45, 2.75) is 6.04 Å². The molecule has 0 aromatic heterocycles.